The Morgan fingerprint density at radius 1 is 1.07 bits per heavy atom. The average molecular weight is 613 g/mol. The first-order valence-corrected chi connectivity index (χ1v) is 14.3. The third-order valence-electron chi connectivity index (χ3n) is 7.74. The number of anilines is 2. The van der Waals surface area contributed by atoms with Gasteiger partial charge in [-0.25, -0.2) is 14.4 Å². The molecule has 0 saturated carbocycles. The van der Waals surface area contributed by atoms with Crippen LogP contribution in [0.15, 0.2) is 77.9 Å². The molecular weight excluding hydrogens is 579 g/mol. The number of amides is 1. The Balaban J connectivity index is 0.00000384. The van der Waals surface area contributed by atoms with E-state index in [1.807, 2.05) is 25.1 Å². The molecule has 3 aromatic carbocycles. The summed E-state index contributed by atoms with van der Waals surface area (Å²) < 4.78 is 14.8. The largest absolute Gasteiger partial charge is 0.341 e. The Morgan fingerprint density at radius 3 is 2.57 bits per heavy atom. The van der Waals surface area contributed by atoms with Crippen molar-refractivity contribution in [3.05, 3.63) is 106 Å². The minimum absolute atomic E-state index is 0. The van der Waals surface area contributed by atoms with Crippen LogP contribution >= 0.6 is 11.6 Å². The average Bonchev–Trinajstić information content (AvgIpc) is 3.45. The third kappa shape index (κ3) is 6.31. The van der Waals surface area contributed by atoms with Crippen LogP contribution in [0.5, 0.6) is 0 Å². The van der Waals surface area contributed by atoms with Crippen molar-refractivity contribution in [2.75, 3.05) is 32.5 Å². The van der Waals surface area contributed by atoms with Gasteiger partial charge in [0.1, 0.15) is 5.82 Å². The summed E-state index contributed by atoms with van der Waals surface area (Å²) in [4.78, 5) is 30.8. The van der Waals surface area contributed by atoms with E-state index >= 15 is 0 Å². The molecule has 6 rings (SSSR count). The number of nitrogens with zero attached hydrogens (tertiary/aromatic N) is 5. The fourth-order valence-corrected chi connectivity index (χ4v) is 5.50. The molecule has 3 heterocycles. The molecule has 0 spiro atoms. The van der Waals surface area contributed by atoms with Crippen LogP contribution in [0.2, 0.25) is 5.02 Å². The molecule has 2 aliphatic heterocycles. The Morgan fingerprint density at radius 2 is 1.84 bits per heavy atom. The summed E-state index contributed by atoms with van der Waals surface area (Å²) in [5.74, 6) is -0.238. The number of likely N-dealkylation sites (N-methyl/N-ethyl adjacent to an activating group) is 1. The van der Waals surface area contributed by atoms with E-state index in [-0.39, 0.29) is 31.7 Å². The van der Waals surface area contributed by atoms with Gasteiger partial charge in [-0.15, -0.1) is 0 Å². The zero-order valence-corrected chi connectivity index (χ0v) is 24.5. The number of carbonyl (C=O) groups excluding carboxylic acids is 1. The maximum Gasteiger partial charge on any atom is 0.257 e. The van der Waals surface area contributed by atoms with Crippen LogP contribution in [0, 0.1) is 11.2 Å². The summed E-state index contributed by atoms with van der Waals surface area (Å²) in [5.41, 5.74) is 4.95. The number of hydrogen-bond donors (Lipinski definition) is 3. The lowest BCUT2D eigenvalue weighted by atomic mass is 9.95. The van der Waals surface area contributed by atoms with Gasteiger partial charge in [0.2, 0.25) is 5.95 Å². The zero-order chi connectivity index (χ0) is 30.1. The second-order valence-corrected chi connectivity index (χ2v) is 11.2. The van der Waals surface area contributed by atoms with Gasteiger partial charge in [-0.1, -0.05) is 37.2 Å². The van der Waals surface area contributed by atoms with E-state index in [0.29, 0.717) is 57.3 Å². The zero-order valence-electron chi connectivity index (χ0n) is 23.7. The molecular formula is C33H34ClFN8O. The fraction of sp³-hybridized carbons (Fsp3) is 0.242. The van der Waals surface area contributed by atoms with Crippen LogP contribution in [0.25, 0.3) is 11.3 Å². The molecule has 44 heavy (non-hydrogen) atoms. The highest BCUT2D eigenvalue weighted by molar-refractivity contribution is 6.31. The molecule has 226 valence electrons. The molecule has 9 nitrogen and oxygen atoms in total. The van der Waals surface area contributed by atoms with E-state index in [1.54, 1.807) is 60.8 Å². The molecule has 0 aliphatic carbocycles. The standard InChI is InChI=1S/C32H30ClFN8O.CH4/c1-41(2)23-13-14-42(18-23)31(35)40-30(43)19-7-10-22(11-8-19)38-32-37-17-20-16-36-29(25-5-3-4-6-27(25)34)26-15-21(33)9-12-24(26)28(20)39-32;/h3-12,15,17,23H,13-14,16,18H2,1-2H3,(H2,35,40,43)(H,37,38,39);1H4. The quantitative estimate of drug-likeness (QED) is 0.189. The van der Waals surface area contributed by atoms with E-state index in [2.05, 4.69) is 20.5 Å². The summed E-state index contributed by atoms with van der Waals surface area (Å²) in [6, 6.07) is 19.2. The van der Waals surface area contributed by atoms with Gasteiger partial charge in [0.05, 0.1) is 18.0 Å². The number of aliphatic imine (C=N–C) groups is 1. The normalized spacial score (nSPS) is 15.4. The molecule has 11 heteroatoms. The summed E-state index contributed by atoms with van der Waals surface area (Å²) in [7, 11) is 4.05. The number of hydrogen-bond acceptors (Lipinski definition) is 7. The van der Waals surface area contributed by atoms with Crippen molar-refractivity contribution in [1.82, 2.24) is 25.1 Å². The molecule has 0 radical (unpaired) electrons. The maximum absolute atomic E-state index is 14.8. The number of benzene rings is 3. The molecule has 1 aromatic heterocycles. The number of nitrogens with one attached hydrogen (secondary N) is 3. The predicted molar refractivity (Wildman–Crippen MR) is 174 cm³/mol. The molecule has 1 saturated heterocycles. The second-order valence-electron chi connectivity index (χ2n) is 10.8. The monoisotopic (exact) mass is 612 g/mol. The molecule has 1 amide bonds. The molecule has 4 aromatic rings. The number of guanidine groups is 1. The number of carbonyl (C=O) groups is 1. The van der Waals surface area contributed by atoms with Crippen LogP contribution < -0.4 is 10.6 Å². The predicted octanol–water partition coefficient (Wildman–Crippen LogP) is 5.97. The molecule has 1 unspecified atom stereocenters. The van der Waals surface area contributed by atoms with Crippen LogP contribution in [0.3, 0.4) is 0 Å². The Kier molecular flexibility index (Phi) is 9.03. The third-order valence-corrected chi connectivity index (χ3v) is 7.97. The van der Waals surface area contributed by atoms with Crippen molar-refractivity contribution in [2.24, 2.45) is 4.99 Å². The summed E-state index contributed by atoms with van der Waals surface area (Å²) in [5, 5.41) is 14.7. The maximum atomic E-state index is 14.8. The van der Waals surface area contributed by atoms with E-state index in [4.69, 9.17) is 27.0 Å². The highest BCUT2D eigenvalue weighted by Gasteiger charge is 2.27. The van der Waals surface area contributed by atoms with E-state index in [0.717, 1.165) is 24.1 Å². The Hall–Kier alpha value is -4.67. The van der Waals surface area contributed by atoms with E-state index in [9.17, 15) is 9.18 Å². The lowest BCUT2D eigenvalue weighted by molar-refractivity contribution is 0.0972. The van der Waals surface area contributed by atoms with Crippen LogP contribution in [0.4, 0.5) is 16.0 Å². The number of halogens is 2. The first kappa shape index (κ1) is 30.8. The fourth-order valence-electron chi connectivity index (χ4n) is 5.33. The van der Waals surface area contributed by atoms with Crippen molar-refractivity contribution in [3.8, 4) is 11.3 Å². The van der Waals surface area contributed by atoms with Crippen LogP contribution in [-0.2, 0) is 6.54 Å². The van der Waals surface area contributed by atoms with E-state index in [1.165, 1.54) is 6.07 Å². The SMILES string of the molecule is C.CN(C)C1CCN(C(=N)NC(=O)c2ccc(Nc3ncc4c(n3)-c3ccc(Cl)cc3C(c3ccccc3F)=NC4)cc2)C1. The van der Waals surface area contributed by atoms with Crippen molar-refractivity contribution in [2.45, 2.75) is 26.4 Å². The summed E-state index contributed by atoms with van der Waals surface area (Å²) in [6.45, 7) is 1.72. The van der Waals surface area contributed by atoms with Crippen molar-refractivity contribution < 1.29 is 9.18 Å². The molecule has 2 aliphatic rings. The van der Waals surface area contributed by atoms with Gasteiger partial charge in [0.15, 0.2) is 5.96 Å². The number of rotatable bonds is 5. The van der Waals surface area contributed by atoms with Gasteiger partial charge in [0.25, 0.3) is 5.91 Å². The van der Waals surface area contributed by atoms with Crippen molar-refractivity contribution in [1.29, 1.82) is 5.41 Å². The number of likely N-dealkylation sites (tertiary alicyclic amines) is 1. The minimum Gasteiger partial charge on any atom is -0.341 e. The number of aromatic nitrogens is 2. The first-order chi connectivity index (χ1) is 20.8. The van der Waals surface area contributed by atoms with Gasteiger partial charge in [-0.3, -0.25) is 20.5 Å². The Bertz CT molecular complexity index is 1740. The van der Waals surface area contributed by atoms with Crippen LogP contribution in [0.1, 0.15) is 40.9 Å². The van der Waals surface area contributed by atoms with Gasteiger partial charge in [-0.2, -0.15) is 0 Å². The summed E-state index contributed by atoms with van der Waals surface area (Å²) >= 11 is 6.36. The highest BCUT2D eigenvalue weighted by Crippen LogP contribution is 2.34. The van der Waals surface area contributed by atoms with Gasteiger partial charge in [-0.05, 0) is 69.0 Å². The topological polar surface area (TPSA) is 110 Å². The van der Waals surface area contributed by atoms with Gasteiger partial charge >= 0.3 is 0 Å². The first-order valence-electron chi connectivity index (χ1n) is 13.9. The molecule has 1 atom stereocenters. The smallest absolute Gasteiger partial charge is 0.257 e. The molecule has 0 bridgehead atoms. The lowest BCUT2D eigenvalue weighted by Crippen LogP contribution is -2.43. The second kappa shape index (κ2) is 12.9. The molecule has 3 N–H and O–H groups in total. The lowest BCUT2D eigenvalue weighted by Gasteiger charge is -2.22. The Labute approximate surface area is 261 Å². The summed E-state index contributed by atoms with van der Waals surface area (Å²) in [6.07, 6.45) is 2.67. The number of fused-ring (bicyclic) bond motifs is 3. The van der Waals surface area contributed by atoms with Crippen molar-refractivity contribution >= 4 is 40.8 Å². The highest BCUT2D eigenvalue weighted by atomic mass is 35.5. The molecule has 1 fully saturated rings. The van der Waals surface area contributed by atoms with Gasteiger partial charge < -0.3 is 15.1 Å². The van der Waals surface area contributed by atoms with Gasteiger partial charge in [0, 0.05) is 63.9 Å². The van der Waals surface area contributed by atoms with Crippen molar-refractivity contribution in [3.63, 3.8) is 0 Å². The van der Waals surface area contributed by atoms with Crippen LogP contribution in [-0.4, -0.2) is 70.6 Å². The minimum atomic E-state index is -0.366. The van der Waals surface area contributed by atoms with E-state index < -0.39 is 0 Å².